The van der Waals surface area contributed by atoms with Crippen LogP contribution in [0, 0.1) is 0 Å². The van der Waals surface area contributed by atoms with Gasteiger partial charge in [0.25, 0.3) is 0 Å². The van der Waals surface area contributed by atoms with Gasteiger partial charge in [-0.2, -0.15) is 0 Å². The van der Waals surface area contributed by atoms with Crippen LogP contribution in [0.15, 0.2) is 58.1 Å². The molecular formula is C20H24N2O4S. The van der Waals surface area contributed by atoms with Gasteiger partial charge in [-0.1, -0.05) is 12.1 Å². The second-order valence-corrected chi connectivity index (χ2v) is 8.45. The van der Waals surface area contributed by atoms with Crippen molar-refractivity contribution in [3.05, 3.63) is 60.1 Å². The normalized spacial score (nSPS) is 18.1. The maximum Gasteiger partial charge on any atom is 0.246 e. The second-order valence-electron chi connectivity index (χ2n) is 6.68. The summed E-state index contributed by atoms with van der Waals surface area (Å²) >= 11 is 0. The number of hydrogen-bond acceptors (Lipinski definition) is 4. The van der Waals surface area contributed by atoms with Crippen LogP contribution in [0.4, 0.5) is 0 Å². The molecular weight excluding hydrogens is 364 g/mol. The fraction of sp³-hybridized carbons (Fsp3) is 0.350. The largest absolute Gasteiger partial charge is 0.468 e. The molecule has 27 heavy (non-hydrogen) atoms. The van der Waals surface area contributed by atoms with Gasteiger partial charge in [0.2, 0.25) is 15.9 Å². The maximum absolute atomic E-state index is 12.3. The Bertz CT molecular complexity index is 887. The van der Waals surface area contributed by atoms with Crippen molar-refractivity contribution < 1.29 is 17.6 Å². The molecule has 1 fully saturated rings. The molecule has 1 saturated heterocycles. The van der Waals surface area contributed by atoms with Gasteiger partial charge in [-0.3, -0.25) is 4.79 Å². The van der Waals surface area contributed by atoms with Crippen LogP contribution in [0.5, 0.6) is 0 Å². The van der Waals surface area contributed by atoms with E-state index < -0.39 is 10.0 Å². The fourth-order valence-electron chi connectivity index (χ4n) is 3.11. The van der Waals surface area contributed by atoms with Crippen molar-refractivity contribution in [3.63, 3.8) is 0 Å². The van der Waals surface area contributed by atoms with Crippen LogP contribution >= 0.6 is 0 Å². The van der Waals surface area contributed by atoms with Gasteiger partial charge in [-0.15, -0.1) is 0 Å². The zero-order valence-electron chi connectivity index (χ0n) is 15.3. The lowest BCUT2D eigenvalue weighted by Crippen LogP contribution is -2.41. The highest BCUT2D eigenvalue weighted by molar-refractivity contribution is 7.89. The van der Waals surface area contributed by atoms with Gasteiger partial charge < -0.3 is 9.32 Å². The SMILES string of the molecule is CC1CCCCN1C(=O)/C=C/c1ccc(S(=O)(=O)NCc2ccco2)cc1. The number of carbonyl (C=O) groups excluding carboxylic acids is 1. The zero-order chi connectivity index (χ0) is 19.3. The summed E-state index contributed by atoms with van der Waals surface area (Å²) in [7, 11) is -3.62. The van der Waals surface area contributed by atoms with Crippen molar-refractivity contribution in [3.8, 4) is 0 Å². The first kappa shape index (κ1) is 19.4. The molecule has 7 heteroatoms. The van der Waals surface area contributed by atoms with Crippen molar-refractivity contribution in [1.82, 2.24) is 9.62 Å². The Morgan fingerprint density at radius 2 is 2.04 bits per heavy atom. The van der Waals surface area contributed by atoms with E-state index in [2.05, 4.69) is 11.6 Å². The molecule has 144 valence electrons. The second kappa shape index (κ2) is 8.54. The molecule has 0 radical (unpaired) electrons. The highest BCUT2D eigenvalue weighted by Gasteiger charge is 2.21. The van der Waals surface area contributed by atoms with Crippen LogP contribution in [-0.4, -0.2) is 31.8 Å². The third-order valence-corrected chi connectivity index (χ3v) is 6.13. The van der Waals surface area contributed by atoms with Crippen LogP contribution in [-0.2, 0) is 21.4 Å². The summed E-state index contributed by atoms with van der Waals surface area (Å²) in [4.78, 5) is 14.4. The monoisotopic (exact) mass is 388 g/mol. The first-order valence-electron chi connectivity index (χ1n) is 9.06. The number of hydrogen-bond donors (Lipinski definition) is 1. The summed E-state index contributed by atoms with van der Waals surface area (Å²) in [6.45, 7) is 2.96. The predicted octanol–water partition coefficient (Wildman–Crippen LogP) is 3.17. The third-order valence-electron chi connectivity index (χ3n) is 4.71. The first-order valence-corrected chi connectivity index (χ1v) is 10.5. The van der Waals surface area contributed by atoms with E-state index in [-0.39, 0.29) is 23.4 Å². The third kappa shape index (κ3) is 5.08. The first-order chi connectivity index (χ1) is 13.0. The van der Waals surface area contributed by atoms with E-state index in [0.29, 0.717) is 5.76 Å². The summed E-state index contributed by atoms with van der Waals surface area (Å²) < 4.78 is 32.3. The number of furan rings is 1. The minimum absolute atomic E-state index is 0.000914. The maximum atomic E-state index is 12.3. The molecule has 1 unspecified atom stereocenters. The number of likely N-dealkylation sites (tertiary alicyclic amines) is 1. The quantitative estimate of drug-likeness (QED) is 0.771. The van der Waals surface area contributed by atoms with E-state index in [0.717, 1.165) is 24.9 Å². The Hall–Kier alpha value is -2.38. The lowest BCUT2D eigenvalue weighted by Gasteiger charge is -2.32. The lowest BCUT2D eigenvalue weighted by molar-refractivity contribution is -0.129. The molecule has 6 nitrogen and oxygen atoms in total. The fourth-order valence-corrected chi connectivity index (χ4v) is 4.10. The number of amides is 1. The molecule has 0 saturated carbocycles. The molecule has 0 spiro atoms. The summed E-state index contributed by atoms with van der Waals surface area (Å²) in [6, 6.07) is 10.1. The molecule has 2 heterocycles. The van der Waals surface area contributed by atoms with Crippen LogP contribution in [0.3, 0.4) is 0 Å². The van der Waals surface area contributed by atoms with Crippen LogP contribution < -0.4 is 4.72 Å². The Labute approximate surface area is 159 Å². The number of sulfonamides is 1. The Morgan fingerprint density at radius 1 is 1.26 bits per heavy atom. The lowest BCUT2D eigenvalue weighted by atomic mass is 10.0. The predicted molar refractivity (Wildman–Crippen MR) is 103 cm³/mol. The van der Waals surface area contributed by atoms with Crippen LogP contribution in [0.25, 0.3) is 6.08 Å². The topological polar surface area (TPSA) is 79.6 Å². The molecule has 0 aliphatic carbocycles. The molecule has 3 rings (SSSR count). The van der Waals surface area contributed by atoms with Gasteiger partial charge >= 0.3 is 0 Å². The van der Waals surface area contributed by atoms with E-state index in [9.17, 15) is 13.2 Å². The van der Waals surface area contributed by atoms with Gasteiger partial charge in [0.05, 0.1) is 17.7 Å². The van der Waals surface area contributed by atoms with Gasteiger partial charge in [0.15, 0.2) is 0 Å². The Kier molecular flexibility index (Phi) is 6.13. The average Bonchev–Trinajstić information content (AvgIpc) is 3.19. The minimum atomic E-state index is -3.62. The molecule has 1 N–H and O–H groups in total. The summed E-state index contributed by atoms with van der Waals surface area (Å²) in [5.74, 6) is 0.544. The molecule has 1 aromatic carbocycles. The van der Waals surface area contributed by atoms with Crippen molar-refractivity contribution >= 4 is 22.0 Å². The minimum Gasteiger partial charge on any atom is -0.468 e. The van der Waals surface area contributed by atoms with Gasteiger partial charge in [0, 0.05) is 18.7 Å². The van der Waals surface area contributed by atoms with Gasteiger partial charge in [-0.25, -0.2) is 13.1 Å². The number of nitrogens with one attached hydrogen (secondary N) is 1. The number of nitrogens with zero attached hydrogens (tertiary/aromatic N) is 1. The van der Waals surface area contributed by atoms with Gasteiger partial charge in [0.1, 0.15) is 5.76 Å². The van der Waals surface area contributed by atoms with E-state index in [1.54, 1.807) is 36.4 Å². The van der Waals surface area contributed by atoms with Gasteiger partial charge in [-0.05, 0) is 62.1 Å². The Balaban J connectivity index is 1.61. The van der Waals surface area contributed by atoms with Crippen molar-refractivity contribution in [2.24, 2.45) is 0 Å². The summed E-state index contributed by atoms with van der Waals surface area (Å²) in [6.07, 6.45) is 8.02. The summed E-state index contributed by atoms with van der Waals surface area (Å²) in [5, 5.41) is 0. The highest BCUT2D eigenvalue weighted by atomic mass is 32.2. The summed E-state index contributed by atoms with van der Waals surface area (Å²) in [5.41, 5.74) is 0.776. The van der Waals surface area contributed by atoms with Crippen LogP contribution in [0.2, 0.25) is 0 Å². The van der Waals surface area contributed by atoms with Crippen molar-refractivity contribution in [2.75, 3.05) is 6.54 Å². The number of carbonyl (C=O) groups is 1. The molecule has 1 aliphatic rings. The van der Waals surface area contributed by atoms with E-state index >= 15 is 0 Å². The number of rotatable bonds is 6. The van der Waals surface area contributed by atoms with E-state index in [4.69, 9.17) is 4.42 Å². The molecule has 1 aromatic heterocycles. The van der Waals surface area contributed by atoms with Crippen molar-refractivity contribution in [2.45, 2.75) is 43.7 Å². The zero-order valence-corrected chi connectivity index (χ0v) is 16.1. The Morgan fingerprint density at radius 3 is 2.70 bits per heavy atom. The molecule has 1 atom stereocenters. The van der Waals surface area contributed by atoms with Crippen LogP contribution in [0.1, 0.15) is 37.5 Å². The molecule has 0 bridgehead atoms. The number of benzene rings is 1. The van der Waals surface area contributed by atoms with Crippen molar-refractivity contribution in [1.29, 1.82) is 0 Å². The standard InChI is InChI=1S/C20H24N2O4S/c1-16-5-2-3-13-22(16)20(23)12-9-17-7-10-19(11-8-17)27(24,25)21-15-18-6-4-14-26-18/h4,6-12,14,16,21H,2-3,5,13,15H2,1H3/b12-9+. The van der Waals surface area contributed by atoms with E-state index in [1.165, 1.54) is 24.8 Å². The molecule has 1 aliphatic heterocycles. The number of piperidine rings is 1. The molecule has 1 amide bonds. The highest BCUT2D eigenvalue weighted by Crippen LogP contribution is 2.17. The smallest absolute Gasteiger partial charge is 0.246 e. The van der Waals surface area contributed by atoms with E-state index in [1.807, 2.05) is 4.90 Å². The molecule has 2 aromatic rings. The average molecular weight is 388 g/mol.